The molecule has 4 aliphatic carbocycles. The topological polar surface area (TPSA) is 40.5 Å². The largest absolute Gasteiger partial charge is 0.512 e. The normalized spacial score (nSPS) is 53.2. The molecule has 0 aromatic carbocycles. The average molecular weight is 180 g/mol. The molecule has 0 radical (unpaired) electrons. The first-order valence-electron chi connectivity index (χ1n) is 5.20. The molecule has 2 N–H and O–H groups in total. The molecule has 4 rings (SSSR count). The Bertz CT molecular complexity index is 294. The molecule has 0 saturated heterocycles. The van der Waals surface area contributed by atoms with E-state index in [1.807, 2.05) is 0 Å². The molecule has 2 saturated carbocycles. The molecule has 4 bridgehead atoms. The van der Waals surface area contributed by atoms with Gasteiger partial charge in [-0.15, -0.1) is 0 Å². The zero-order valence-corrected chi connectivity index (χ0v) is 7.95. The molecule has 0 unspecified atom stereocenters. The number of hydrogen-bond donors (Lipinski definition) is 2. The third-order valence-electron chi connectivity index (χ3n) is 4.30. The number of aliphatic hydroxyl groups is 2. The summed E-state index contributed by atoms with van der Waals surface area (Å²) in [5.41, 5.74) is 1.04. The summed E-state index contributed by atoms with van der Waals surface area (Å²) in [4.78, 5) is 0. The molecule has 0 aliphatic heterocycles. The summed E-state index contributed by atoms with van der Waals surface area (Å²) in [6.45, 7) is 2.17. The van der Waals surface area contributed by atoms with Crippen molar-refractivity contribution in [3.8, 4) is 0 Å². The number of hydrogen-bond acceptors (Lipinski definition) is 2. The SMILES string of the molecule is C[C@@]12C[C@@H]3CC(=C(O)[C@@H](C3)C1)[C@H]2O. The van der Waals surface area contributed by atoms with E-state index >= 15 is 0 Å². The Morgan fingerprint density at radius 1 is 1.38 bits per heavy atom. The van der Waals surface area contributed by atoms with Crippen molar-refractivity contribution in [2.24, 2.45) is 17.3 Å². The fourth-order valence-corrected chi connectivity index (χ4v) is 3.81. The summed E-state index contributed by atoms with van der Waals surface area (Å²) in [7, 11) is 0. The van der Waals surface area contributed by atoms with E-state index in [2.05, 4.69) is 6.92 Å². The van der Waals surface area contributed by atoms with Crippen molar-refractivity contribution in [1.29, 1.82) is 0 Å². The smallest absolute Gasteiger partial charge is 0.0971 e. The Morgan fingerprint density at radius 3 is 2.92 bits per heavy atom. The van der Waals surface area contributed by atoms with Gasteiger partial charge in [0.05, 0.1) is 11.9 Å². The molecule has 0 aromatic heterocycles. The van der Waals surface area contributed by atoms with E-state index in [1.165, 1.54) is 0 Å². The number of allylic oxidation sites excluding steroid dienone is 1. The summed E-state index contributed by atoms with van der Waals surface area (Å²) in [5, 5.41) is 19.9. The van der Waals surface area contributed by atoms with Crippen molar-refractivity contribution in [2.75, 3.05) is 0 Å². The summed E-state index contributed by atoms with van der Waals surface area (Å²) >= 11 is 0. The number of aliphatic hydroxyl groups excluding tert-OH is 2. The van der Waals surface area contributed by atoms with Gasteiger partial charge in [-0.25, -0.2) is 0 Å². The minimum atomic E-state index is -0.361. The Labute approximate surface area is 78.3 Å². The highest BCUT2D eigenvalue weighted by molar-refractivity contribution is 5.29. The first-order chi connectivity index (χ1) is 6.10. The van der Waals surface area contributed by atoms with Crippen LogP contribution in [-0.4, -0.2) is 16.3 Å². The van der Waals surface area contributed by atoms with Crippen molar-refractivity contribution in [3.63, 3.8) is 0 Å². The van der Waals surface area contributed by atoms with Crippen molar-refractivity contribution < 1.29 is 10.2 Å². The molecule has 0 amide bonds. The molecule has 0 aromatic rings. The maximum atomic E-state index is 10.0. The minimum Gasteiger partial charge on any atom is -0.512 e. The van der Waals surface area contributed by atoms with Crippen LogP contribution in [-0.2, 0) is 0 Å². The molecule has 4 atom stereocenters. The second-order valence-corrected chi connectivity index (χ2v) is 5.38. The van der Waals surface area contributed by atoms with E-state index in [0.29, 0.717) is 11.7 Å². The molecular weight excluding hydrogens is 164 g/mol. The van der Waals surface area contributed by atoms with Crippen molar-refractivity contribution in [3.05, 3.63) is 11.3 Å². The second-order valence-electron chi connectivity index (χ2n) is 5.38. The zero-order chi connectivity index (χ0) is 9.22. The van der Waals surface area contributed by atoms with Crippen LogP contribution in [0.5, 0.6) is 0 Å². The fourth-order valence-electron chi connectivity index (χ4n) is 3.81. The van der Waals surface area contributed by atoms with E-state index in [-0.39, 0.29) is 11.5 Å². The van der Waals surface area contributed by atoms with Gasteiger partial charge >= 0.3 is 0 Å². The molecule has 2 nitrogen and oxygen atoms in total. The van der Waals surface area contributed by atoms with Gasteiger partial charge < -0.3 is 10.2 Å². The first kappa shape index (κ1) is 7.86. The molecular formula is C11H16O2. The lowest BCUT2D eigenvalue weighted by atomic mass is 9.52. The van der Waals surface area contributed by atoms with E-state index in [0.717, 1.165) is 37.2 Å². The van der Waals surface area contributed by atoms with E-state index in [4.69, 9.17) is 0 Å². The van der Waals surface area contributed by atoms with Crippen molar-refractivity contribution in [1.82, 2.24) is 0 Å². The molecule has 72 valence electrons. The lowest BCUT2D eigenvalue weighted by molar-refractivity contribution is -0.0554. The monoisotopic (exact) mass is 180 g/mol. The predicted molar refractivity (Wildman–Crippen MR) is 49.2 cm³/mol. The molecule has 0 spiro atoms. The van der Waals surface area contributed by atoms with Crippen LogP contribution < -0.4 is 0 Å². The van der Waals surface area contributed by atoms with Crippen LogP contribution in [0.3, 0.4) is 0 Å². The third kappa shape index (κ3) is 0.824. The maximum absolute atomic E-state index is 10.0. The highest BCUT2D eigenvalue weighted by Crippen LogP contribution is 2.58. The molecule has 4 aliphatic rings. The molecule has 13 heavy (non-hydrogen) atoms. The van der Waals surface area contributed by atoms with Gasteiger partial charge in [-0.2, -0.15) is 0 Å². The lowest BCUT2D eigenvalue weighted by Gasteiger charge is -2.54. The Hall–Kier alpha value is -0.500. The van der Waals surface area contributed by atoms with Gasteiger partial charge in [0.1, 0.15) is 0 Å². The van der Waals surface area contributed by atoms with Gasteiger partial charge in [0.25, 0.3) is 0 Å². The Balaban J connectivity index is 2.13. The van der Waals surface area contributed by atoms with Crippen LogP contribution in [0.25, 0.3) is 0 Å². The van der Waals surface area contributed by atoms with E-state index in [9.17, 15) is 10.2 Å². The van der Waals surface area contributed by atoms with Gasteiger partial charge in [-0.3, -0.25) is 0 Å². The van der Waals surface area contributed by atoms with Crippen LogP contribution >= 0.6 is 0 Å². The summed E-state index contributed by atoms with van der Waals surface area (Å²) < 4.78 is 0. The van der Waals surface area contributed by atoms with Gasteiger partial charge in [0, 0.05) is 5.92 Å². The summed E-state index contributed by atoms with van der Waals surface area (Å²) in [5.74, 6) is 1.63. The van der Waals surface area contributed by atoms with Crippen molar-refractivity contribution >= 4 is 0 Å². The third-order valence-corrected chi connectivity index (χ3v) is 4.30. The quantitative estimate of drug-likeness (QED) is 0.598. The van der Waals surface area contributed by atoms with Crippen LogP contribution in [0, 0.1) is 17.3 Å². The van der Waals surface area contributed by atoms with Gasteiger partial charge in [0.15, 0.2) is 0 Å². The summed E-state index contributed by atoms with van der Waals surface area (Å²) in [6.07, 6.45) is 3.87. The maximum Gasteiger partial charge on any atom is 0.0971 e. The molecule has 0 heterocycles. The van der Waals surface area contributed by atoms with Crippen LogP contribution in [0.2, 0.25) is 0 Å². The first-order valence-corrected chi connectivity index (χ1v) is 5.20. The Kier molecular flexibility index (Phi) is 1.28. The molecule has 2 heteroatoms. The van der Waals surface area contributed by atoms with Crippen LogP contribution in [0.15, 0.2) is 11.3 Å². The Morgan fingerprint density at radius 2 is 2.15 bits per heavy atom. The average Bonchev–Trinajstić information content (AvgIpc) is 2.07. The number of rotatable bonds is 0. The predicted octanol–water partition coefficient (Wildman–Crippen LogP) is 2.00. The fraction of sp³-hybridized carbons (Fsp3) is 0.818. The summed E-state index contributed by atoms with van der Waals surface area (Å²) in [6, 6.07) is 0. The van der Waals surface area contributed by atoms with Gasteiger partial charge in [-0.1, -0.05) is 6.92 Å². The zero-order valence-electron chi connectivity index (χ0n) is 7.95. The molecule has 2 fully saturated rings. The van der Waals surface area contributed by atoms with E-state index in [1.54, 1.807) is 0 Å². The second kappa shape index (κ2) is 2.11. The van der Waals surface area contributed by atoms with Crippen LogP contribution in [0.4, 0.5) is 0 Å². The lowest BCUT2D eigenvalue weighted by Crippen LogP contribution is -2.50. The highest BCUT2D eigenvalue weighted by atomic mass is 16.3. The standard InChI is InChI=1S/C11H16O2/c1-11-4-6-2-7(5-11)9(12)8(3-6)10(11)13/h6-7,10,12-13H,2-5H2,1H3/t6-,7-,10+,11+/m0/s1. The van der Waals surface area contributed by atoms with E-state index < -0.39 is 0 Å². The van der Waals surface area contributed by atoms with Crippen LogP contribution in [0.1, 0.15) is 32.6 Å². The highest BCUT2D eigenvalue weighted by Gasteiger charge is 2.53. The minimum absolute atomic E-state index is 0.0768. The van der Waals surface area contributed by atoms with Gasteiger partial charge in [0.2, 0.25) is 0 Å². The van der Waals surface area contributed by atoms with Gasteiger partial charge in [-0.05, 0) is 42.6 Å². The van der Waals surface area contributed by atoms with Crippen molar-refractivity contribution in [2.45, 2.75) is 38.7 Å².